The third-order valence-corrected chi connectivity index (χ3v) is 9.48. The van der Waals surface area contributed by atoms with Crippen LogP contribution in [0.4, 0.5) is 0 Å². The van der Waals surface area contributed by atoms with Crippen molar-refractivity contribution in [3.05, 3.63) is 22.3 Å². The molecule has 2 spiro atoms. The van der Waals surface area contributed by atoms with Gasteiger partial charge in [-0.25, -0.2) is 0 Å². The van der Waals surface area contributed by atoms with Crippen LogP contribution in [0.3, 0.4) is 0 Å². The van der Waals surface area contributed by atoms with E-state index < -0.39 is 0 Å². The quantitative estimate of drug-likeness (QED) is 0.470. The summed E-state index contributed by atoms with van der Waals surface area (Å²) in [5.41, 5.74) is -0.175. The fraction of sp³-hybridized carbons (Fsp3) is 0.800. The highest BCUT2D eigenvalue weighted by Gasteiger charge is 2.87. The zero-order valence-electron chi connectivity index (χ0n) is 16.8. The average molecular weight is 369 g/mol. The lowest BCUT2D eigenvalue weighted by Gasteiger charge is -2.73. The lowest BCUT2D eigenvalue weighted by atomic mass is 9.49. The van der Waals surface area contributed by atoms with E-state index in [2.05, 4.69) is 80.1 Å². The second-order valence-electron chi connectivity index (χ2n) is 10.4. The number of hydrogen-bond acceptors (Lipinski definition) is 4. The summed E-state index contributed by atoms with van der Waals surface area (Å²) in [5.74, 6) is 2.19. The number of thioether (sulfide) groups is 2. The van der Waals surface area contributed by atoms with E-state index in [1.54, 1.807) is 0 Å². The van der Waals surface area contributed by atoms with Crippen molar-refractivity contribution in [2.45, 2.75) is 79.1 Å². The molecule has 0 atom stereocenters. The minimum Gasteiger partial charge on any atom is -0.478 e. The van der Waals surface area contributed by atoms with Gasteiger partial charge >= 0.3 is 0 Å². The maximum absolute atomic E-state index is 6.70. The van der Waals surface area contributed by atoms with Gasteiger partial charge in [0.05, 0.1) is 10.8 Å². The highest BCUT2D eigenvalue weighted by Crippen LogP contribution is 2.82. The molecule has 2 aliphatic heterocycles. The van der Waals surface area contributed by atoms with Gasteiger partial charge in [0.2, 0.25) is 0 Å². The molecule has 1 aliphatic carbocycles. The Balaban J connectivity index is 1.94. The Labute approximate surface area is 156 Å². The average Bonchev–Trinajstić information content (AvgIpc) is 3.04. The van der Waals surface area contributed by atoms with Crippen LogP contribution < -0.4 is 0 Å². The molecule has 0 aromatic carbocycles. The van der Waals surface area contributed by atoms with Crippen LogP contribution in [0.1, 0.15) is 69.2 Å². The summed E-state index contributed by atoms with van der Waals surface area (Å²) < 4.78 is 13.4. The van der Waals surface area contributed by atoms with E-state index in [9.17, 15) is 0 Å². The molecule has 1 saturated carbocycles. The van der Waals surface area contributed by atoms with Crippen LogP contribution in [0.15, 0.2) is 22.3 Å². The summed E-state index contributed by atoms with van der Waals surface area (Å²) >= 11 is 3.70. The minimum atomic E-state index is -0.281. The van der Waals surface area contributed by atoms with E-state index in [-0.39, 0.29) is 31.5 Å². The van der Waals surface area contributed by atoms with Crippen LogP contribution in [-0.4, -0.2) is 9.87 Å². The topological polar surface area (TPSA) is 18.5 Å². The number of ether oxygens (including phenoxy) is 2. The van der Waals surface area contributed by atoms with Gasteiger partial charge in [0.15, 0.2) is 9.87 Å². The summed E-state index contributed by atoms with van der Waals surface area (Å²) in [7, 11) is 0. The molecule has 0 aromatic rings. The monoisotopic (exact) mass is 368 g/mol. The first-order valence-electron chi connectivity index (χ1n) is 8.77. The van der Waals surface area contributed by atoms with Gasteiger partial charge in [-0.2, -0.15) is 0 Å². The highest BCUT2D eigenvalue weighted by atomic mass is 32.2. The molecule has 0 aromatic heterocycles. The van der Waals surface area contributed by atoms with Crippen LogP contribution in [0.2, 0.25) is 0 Å². The van der Waals surface area contributed by atoms with Gasteiger partial charge in [0.1, 0.15) is 11.5 Å². The predicted octanol–water partition coefficient (Wildman–Crippen LogP) is 6.75. The molecule has 136 valence electrons. The summed E-state index contributed by atoms with van der Waals surface area (Å²) in [6.07, 6.45) is 0. The van der Waals surface area contributed by atoms with Crippen molar-refractivity contribution >= 4 is 23.5 Å². The second kappa shape index (κ2) is 4.73. The van der Waals surface area contributed by atoms with Crippen LogP contribution in [0, 0.1) is 21.7 Å². The SMILES string of the molecule is CC(C)(C)C1=CSC2(O1)C(C)(C)C1(OC(C(C)(C)C)=CS1)C2(C)C. The predicted molar refractivity (Wildman–Crippen MR) is 105 cm³/mol. The zero-order chi connectivity index (χ0) is 18.4. The standard InChI is InChI=1S/C20H32O2S2/c1-15(2,3)13-11-23-19(21-13)17(7,8)20(18(19,9)10)22-14(12-24-20)16(4,5)6/h11-12H,1-10H3. The molecule has 0 N–H and O–H groups in total. The highest BCUT2D eigenvalue weighted by molar-refractivity contribution is 8.05. The number of allylic oxidation sites excluding steroid dienone is 2. The molecule has 2 nitrogen and oxygen atoms in total. The summed E-state index contributed by atoms with van der Waals surface area (Å²) in [6.45, 7) is 22.5. The Morgan fingerprint density at radius 3 is 1.17 bits per heavy atom. The van der Waals surface area contributed by atoms with E-state index in [0.29, 0.717) is 0 Å². The fourth-order valence-electron chi connectivity index (χ4n) is 4.37. The van der Waals surface area contributed by atoms with E-state index in [1.807, 2.05) is 23.5 Å². The maximum Gasteiger partial charge on any atom is 0.177 e. The molecule has 0 amide bonds. The van der Waals surface area contributed by atoms with Crippen LogP contribution in [0.25, 0.3) is 0 Å². The molecule has 0 unspecified atom stereocenters. The van der Waals surface area contributed by atoms with Gasteiger partial charge in [-0.05, 0) is 0 Å². The van der Waals surface area contributed by atoms with Crippen molar-refractivity contribution in [1.82, 2.24) is 0 Å². The summed E-state index contributed by atoms with van der Waals surface area (Å²) in [5, 5.41) is 4.46. The molecular formula is C20H32O2S2. The molecule has 24 heavy (non-hydrogen) atoms. The fourth-order valence-corrected chi connectivity index (χ4v) is 7.88. The minimum absolute atomic E-state index is 0.0317. The van der Waals surface area contributed by atoms with Gasteiger partial charge in [-0.1, -0.05) is 92.8 Å². The third kappa shape index (κ3) is 1.93. The Bertz CT molecular complexity index is 559. The third-order valence-electron chi connectivity index (χ3n) is 5.94. The van der Waals surface area contributed by atoms with Gasteiger partial charge in [-0.3, -0.25) is 0 Å². The molecular weight excluding hydrogens is 336 g/mol. The van der Waals surface area contributed by atoms with Crippen molar-refractivity contribution in [2.75, 3.05) is 0 Å². The van der Waals surface area contributed by atoms with E-state index in [1.165, 1.54) is 0 Å². The van der Waals surface area contributed by atoms with Crippen molar-refractivity contribution < 1.29 is 9.47 Å². The lowest BCUT2D eigenvalue weighted by molar-refractivity contribution is -0.301. The molecule has 3 rings (SSSR count). The van der Waals surface area contributed by atoms with Crippen molar-refractivity contribution in [1.29, 1.82) is 0 Å². The molecule has 4 heteroatoms. The second-order valence-corrected chi connectivity index (χ2v) is 12.5. The normalized spacial score (nSPS) is 28.9. The van der Waals surface area contributed by atoms with Crippen molar-refractivity contribution in [3.8, 4) is 0 Å². The maximum atomic E-state index is 6.70. The Morgan fingerprint density at radius 2 is 0.958 bits per heavy atom. The molecule has 0 saturated heterocycles. The molecule has 0 radical (unpaired) electrons. The van der Waals surface area contributed by atoms with Crippen LogP contribution >= 0.6 is 23.5 Å². The van der Waals surface area contributed by atoms with Gasteiger partial charge < -0.3 is 9.47 Å². The first-order valence-corrected chi connectivity index (χ1v) is 10.5. The Kier molecular flexibility index (Phi) is 3.66. The first kappa shape index (κ1) is 18.6. The zero-order valence-corrected chi connectivity index (χ0v) is 18.4. The van der Waals surface area contributed by atoms with E-state index in [4.69, 9.17) is 9.47 Å². The lowest BCUT2D eigenvalue weighted by Crippen LogP contribution is -2.81. The summed E-state index contributed by atoms with van der Waals surface area (Å²) in [4.78, 5) is -0.562. The van der Waals surface area contributed by atoms with Crippen LogP contribution in [0.5, 0.6) is 0 Å². The smallest absolute Gasteiger partial charge is 0.177 e. The molecule has 2 heterocycles. The Morgan fingerprint density at radius 1 is 0.667 bits per heavy atom. The number of rotatable bonds is 0. The Hall–Kier alpha value is -0.220. The van der Waals surface area contributed by atoms with Gasteiger partial charge in [-0.15, -0.1) is 0 Å². The molecule has 0 bridgehead atoms. The van der Waals surface area contributed by atoms with Crippen LogP contribution in [-0.2, 0) is 9.47 Å². The van der Waals surface area contributed by atoms with E-state index >= 15 is 0 Å². The summed E-state index contributed by atoms with van der Waals surface area (Å²) in [6, 6.07) is 0. The van der Waals surface area contributed by atoms with E-state index in [0.717, 1.165) is 11.5 Å². The van der Waals surface area contributed by atoms with Crippen molar-refractivity contribution in [3.63, 3.8) is 0 Å². The largest absolute Gasteiger partial charge is 0.478 e. The van der Waals surface area contributed by atoms with Gasteiger partial charge in [0, 0.05) is 21.6 Å². The van der Waals surface area contributed by atoms with Gasteiger partial charge in [0.25, 0.3) is 0 Å². The number of hydrogen-bond donors (Lipinski definition) is 0. The van der Waals surface area contributed by atoms with Crippen molar-refractivity contribution in [2.24, 2.45) is 21.7 Å². The molecule has 3 aliphatic rings. The first-order chi connectivity index (χ1) is 10.6. The molecule has 1 fully saturated rings.